The molecule has 4 nitrogen and oxygen atoms in total. The SMILES string of the molecule is CCc1cc(N2CCCC3(CC3)C2)nc(-c2ccncc2)n1. The molecule has 2 aliphatic rings. The van der Waals surface area contributed by atoms with Crippen LogP contribution in [0.1, 0.15) is 38.3 Å². The molecule has 4 rings (SSSR count). The Morgan fingerprint density at radius 1 is 1.14 bits per heavy atom. The van der Waals surface area contributed by atoms with Gasteiger partial charge < -0.3 is 4.90 Å². The van der Waals surface area contributed by atoms with Gasteiger partial charge in [0.2, 0.25) is 0 Å². The Balaban J connectivity index is 1.69. The molecule has 1 saturated carbocycles. The molecule has 1 spiro atoms. The van der Waals surface area contributed by atoms with E-state index in [1.807, 2.05) is 12.1 Å². The summed E-state index contributed by atoms with van der Waals surface area (Å²) in [5.74, 6) is 1.93. The minimum atomic E-state index is 0.604. The molecule has 4 heteroatoms. The molecule has 1 saturated heterocycles. The summed E-state index contributed by atoms with van der Waals surface area (Å²) in [5, 5.41) is 0. The highest BCUT2D eigenvalue weighted by molar-refractivity contribution is 5.57. The molecule has 0 aromatic carbocycles. The van der Waals surface area contributed by atoms with E-state index in [1.165, 1.54) is 32.2 Å². The van der Waals surface area contributed by atoms with Crippen molar-refractivity contribution in [2.45, 2.75) is 39.0 Å². The Kier molecular flexibility index (Phi) is 3.32. The summed E-state index contributed by atoms with van der Waals surface area (Å²) in [6.07, 6.45) is 10.0. The zero-order valence-electron chi connectivity index (χ0n) is 13.1. The van der Waals surface area contributed by atoms with Crippen LogP contribution in [-0.4, -0.2) is 28.0 Å². The van der Waals surface area contributed by atoms with Crippen molar-refractivity contribution in [3.8, 4) is 11.4 Å². The second-order valence-electron chi connectivity index (χ2n) is 6.66. The molecule has 0 amide bonds. The Bertz CT molecular complexity index is 664. The number of hydrogen-bond acceptors (Lipinski definition) is 4. The Morgan fingerprint density at radius 3 is 2.68 bits per heavy atom. The van der Waals surface area contributed by atoms with E-state index >= 15 is 0 Å². The average molecular weight is 294 g/mol. The third-order valence-corrected chi connectivity index (χ3v) is 5.01. The topological polar surface area (TPSA) is 41.9 Å². The van der Waals surface area contributed by atoms with E-state index in [9.17, 15) is 0 Å². The first-order valence-electron chi connectivity index (χ1n) is 8.31. The van der Waals surface area contributed by atoms with Gasteiger partial charge in [-0.3, -0.25) is 4.98 Å². The molecule has 1 aliphatic heterocycles. The highest BCUT2D eigenvalue weighted by atomic mass is 15.2. The molecular weight excluding hydrogens is 272 g/mol. The first kappa shape index (κ1) is 13.7. The minimum Gasteiger partial charge on any atom is -0.356 e. The molecule has 2 fully saturated rings. The number of piperidine rings is 1. The predicted molar refractivity (Wildman–Crippen MR) is 87.8 cm³/mol. The van der Waals surface area contributed by atoms with Crippen molar-refractivity contribution in [1.82, 2.24) is 15.0 Å². The van der Waals surface area contributed by atoms with Gasteiger partial charge in [-0.2, -0.15) is 0 Å². The van der Waals surface area contributed by atoms with Gasteiger partial charge in [0.05, 0.1) is 0 Å². The molecule has 0 unspecified atom stereocenters. The summed E-state index contributed by atoms with van der Waals surface area (Å²) in [5.41, 5.74) is 2.77. The highest BCUT2D eigenvalue weighted by Gasteiger charge is 2.45. The lowest BCUT2D eigenvalue weighted by Gasteiger charge is -2.34. The van der Waals surface area contributed by atoms with Crippen molar-refractivity contribution in [3.05, 3.63) is 36.3 Å². The predicted octanol–water partition coefficient (Wildman–Crippen LogP) is 3.48. The monoisotopic (exact) mass is 294 g/mol. The van der Waals surface area contributed by atoms with Crippen LogP contribution in [0.5, 0.6) is 0 Å². The Morgan fingerprint density at radius 2 is 1.95 bits per heavy atom. The number of anilines is 1. The van der Waals surface area contributed by atoms with Gasteiger partial charge in [-0.1, -0.05) is 6.92 Å². The minimum absolute atomic E-state index is 0.604. The second-order valence-corrected chi connectivity index (χ2v) is 6.66. The maximum absolute atomic E-state index is 4.86. The summed E-state index contributed by atoms with van der Waals surface area (Å²) in [6, 6.07) is 6.14. The average Bonchev–Trinajstić information content (AvgIpc) is 3.33. The number of nitrogens with zero attached hydrogens (tertiary/aromatic N) is 4. The summed E-state index contributed by atoms with van der Waals surface area (Å²) in [6.45, 7) is 4.45. The lowest BCUT2D eigenvalue weighted by Crippen LogP contribution is -2.37. The van der Waals surface area contributed by atoms with Gasteiger partial charge in [-0.25, -0.2) is 9.97 Å². The summed E-state index contributed by atoms with van der Waals surface area (Å²) >= 11 is 0. The first-order valence-corrected chi connectivity index (χ1v) is 8.31. The third-order valence-electron chi connectivity index (χ3n) is 5.01. The molecule has 2 aromatic rings. The molecule has 0 atom stereocenters. The van der Waals surface area contributed by atoms with E-state index in [4.69, 9.17) is 9.97 Å². The Labute approximate surface area is 131 Å². The quantitative estimate of drug-likeness (QED) is 0.869. The van der Waals surface area contributed by atoms with Crippen molar-refractivity contribution >= 4 is 5.82 Å². The fraction of sp³-hybridized carbons (Fsp3) is 0.500. The van der Waals surface area contributed by atoms with E-state index in [-0.39, 0.29) is 0 Å². The van der Waals surface area contributed by atoms with Crippen LogP contribution in [0, 0.1) is 5.41 Å². The van der Waals surface area contributed by atoms with Gasteiger partial charge in [0, 0.05) is 42.8 Å². The van der Waals surface area contributed by atoms with Gasteiger partial charge in [-0.15, -0.1) is 0 Å². The number of hydrogen-bond donors (Lipinski definition) is 0. The number of pyridine rings is 1. The normalized spacial score (nSPS) is 19.4. The largest absolute Gasteiger partial charge is 0.356 e. The molecule has 114 valence electrons. The molecule has 3 heterocycles. The second kappa shape index (κ2) is 5.34. The Hall–Kier alpha value is -1.97. The third kappa shape index (κ3) is 2.58. The molecule has 0 N–H and O–H groups in total. The molecule has 0 bridgehead atoms. The van der Waals surface area contributed by atoms with Gasteiger partial charge >= 0.3 is 0 Å². The van der Waals surface area contributed by atoms with Crippen molar-refractivity contribution < 1.29 is 0 Å². The van der Waals surface area contributed by atoms with E-state index in [0.717, 1.165) is 35.9 Å². The van der Waals surface area contributed by atoms with Gasteiger partial charge in [-0.05, 0) is 49.7 Å². The number of aryl methyl sites for hydroxylation is 1. The molecule has 1 aliphatic carbocycles. The number of rotatable bonds is 3. The van der Waals surface area contributed by atoms with Crippen molar-refractivity contribution in [2.24, 2.45) is 5.41 Å². The first-order chi connectivity index (χ1) is 10.8. The van der Waals surface area contributed by atoms with Crippen LogP contribution in [0.4, 0.5) is 5.82 Å². The number of aromatic nitrogens is 3. The van der Waals surface area contributed by atoms with E-state index < -0.39 is 0 Å². The smallest absolute Gasteiger partial charge is 0.161 e. The fourth-order valence-corrected chi connectivity index (χ4v) is 3.44. The maximum atomic E-state index is 4.86. The van der Waals surface area contributed by atoms with Crippen molar-refractivity contribution in [2.75, 3.05) is 18.0 Å². The zero-order valence-corrected chi connectivity index (χ0v) is 13.1. The summed E-state index contributed by atoms with van der Waals surface area (Å²) < 4.78 is 0. The molecular formula is C18H22N4. The van der Waals surface area contributed by atoms with E-state index in [1.54, 1.807) is 12.4 Å². The standard InChI is InChI=1S/C18H22N4/c1-2-15-12-16(22-11-3-6-18(13-22)7-8-18)21-17(20-15)14-4-9-19-10-5-14/h4-5,9-10,12H,2-3,6-8,11,13H2,1H3. The van der Waals surface area contributed by atoms with E-state index in [0.29, 0.717) is 5.41 Å². The summed E-state index contributed by atoms with van der Waals surface area (Å²) in [7, 11) is 0. The van der Waals surface area contributed by atoms with Gasteiger partial charge in [0.15, 0.2) is 5.82 Å². The van der Waals surface area contributed by atoms with Crippen LogP contribution in [0.3, 0.4) is 0 Å². The zero-order chi connectivity index (χ0) is 15.0. The van der Waals surface area contributed by atoms with Gasteiger partial charge in [0.1, 0.15) is 5.82 Å². The van der Waals surface area contributed by atoms with Crippen LogP contribution in [0.15, 0.2) is 30.6 Å². The van der Waals surface area contributed by atoms with Gasteiger partial charge in [0.25, 0.3) is 0 Å². The van der Waals surface area contributed by atoms with Crippen LogP contribution in [0.2, 0.25) is 0 Å². The molecule has 22 heavy (non-hydrogen) atoms. The van der Waals surface area contributed by atoms with Crippen molar-refractivity contribution in [1.29, 1.82) is 0 Å². The highest BCUT2D eigenvalue weighted by Crippen LogP contribution is 2.52. The molecule has 0 radical (unpaired) electrons. The van der Waals surface area contributed by atoms with Crippen LogP contribution in [-0.2, 0) is 6.42 Å². The van der Waals surface area contributed by atoms with Crippen LogP contribution in [0.25, 0.3) is 11.4 Å². The lowest BCUT2D eigenvalue weighted by atomic mass is 9.95. The maximum Gasteiger partial charge on any atom is 0.161 e. The van der Waals surface area contributed by atoms with Crippen LogP contribution < -0.4 is 4.90 Å². The van der Waals surface area contributed by atoms with Crippen LogP contribution >= 0.6 is 0 Å². The molecule has 2 aromatic heterocycles. The lowest BCUT2D eigenvalue weighted by molar-refractivity contribution is 0.393. The van der Waals surface area contributed by atoms with E-state index in [2.05, 4.69) is 22.9 Å². The summed E-state index contributed by atoms with van der Waals surface area (Å²) in [4.78, 5) is 16.1. The fourth-order valence-electron chi connectivity index (χ4n) is 3.44. The van der Waals surface area contributed by atoms with Crippen molar-refractivity contribution in [3.63, 3.8) is 0 Å².